The van der Waals surface area contributed by atoms with Gasteiger partial charge in [-0.05, 0) is 25.0 Å². The highest BCUT2D eigenvalue weighted by atomic mass is 32.2. The van der Waals surface area contributed by atoms with Gasteiger partial charge in [0.1, 0.15) is 5.75 Å². The topological polar surface area (TPSA) is 94.8 Å². The zero-order chi connectivity index (χ0) is 12.4. The quantitative estimate of drug-likeness (QED) is 0.546. The number of para-hydroxylation sites is 1. The summed E-state index contributed by atoms with van der Waals surface area (Å²) < 4.78 is 28.1. The SMILES string of the molecule is O=S(=O)(O)CCCCO.Oc1ccccc1. The molecule has 0 fully saturated rings. The van der Waals surface area contributed by atoms with Crippen LogP contribution in [0.3, 0.4) is 0 Å². The highest BCUT2D eigenvalue weighted by molar-refractivity contribution is 7.85. The molecule has 0 spiro atoms. The molecular weight excluding hydrogens is 232 g/mol. The number of phenols is 1. The summed E-state index contributed by atoms with van der Waals surface area (Å²) >= 11 is 0. The van der Waals surface area contributed by atoms with Crippen LogP contribution < -0.4 is 0 Å². The highest BCUT2D eigenvalue weighted by Gasteiger charge is 2.01. The van der Waals surface area contributed by atoms with Gasteiger partial charge in [-0.3, -0.25) is 4.55 Å². The van der Waals surface area contributed by atoms with Gasteiger partial charge in [0, 0.05) is 6.61 Å². The summed E-state index contributed by atoms with van der Waals surface area (Å²) in [4.78, 5) is 0. The van der Waals surface area contributed by atoms with E-state index in [4.69, 9.17) is 14.8 Å². The fraction of sp³-hybridized carbons (Fsp3) is 0.400. The first-order valence-electron chi connectivity index (χ1n) is 4.76. The van der Waals surface area contributed by atoms with Gasteiger partial charge in [0.25, 0.3) is 10.1 Å². The minimum Gasteiger partial charge on any atom is -0.508 e. The van der Waals surface area contributed by atoms with E-state index in [-0.39, 0.29) is 12.4 Å². The molecule has 0 aliphatic heterocycles. The molecule has 16 heavy (non-hydrogen) atoms. The number of phenolic OH excluding ortho intramolecular Hbond substituents is 1. The molecule has 0 aliphatic rings. The van der Waals surface area contributed by atoms with Crippen molar-refractivity contribution in [3.8, 4) is 5.75 Å². The van der Waals surface area contributed by atoms with Crippen LogP contribution in [-0.2, 0) is 10.1 Å². The molecule has 6 heteroatoms. The second kappa shape index (κ2) is 8.09. The molecule has 0 amide bonds. The number of hydrogen-bond acceptors (Lipinski definition) is 4. The van der Waals surface area contributed by atoms with E-state index >= 15 is 0 Å². The van der Waals surface area contributed by atoms with Gasteiger partial charge in [-0.2, -0.15) is 8.42 Å². The van der Waals surface area contributed by atoms with Crippen LogP contribution in [0.4, 0.5) is 0 Å². The average Bonchev–Trinajstić information content (AvgIpc) is 2.18. The van der Waals surface area contributed by atoms with E-state index in [1.165, 1.54) is 0 Å². The molecule has 0 aromatic heterocycles. The molecule has 92 valence electrons. The number of aromatic hydroxyl groups is 1. The number of hydrogen-bond donors (Lipinski definition) is 3. The molecule has 0 atom stereocenters. The molecule has 0 saturated heterocycles. The Morgan fingerprint density at radius 1 is 1.06 bits per heavy atom. The van der Waals surface area contributed by atoms with Crippen LogP contribution in [0.15, 0.2) is 30.3 Å². The Morgan fingerprint density at radius 2 is 1.62 bits per heavy atom. The minimum absolute atomic E-state index is 0.0322. The van der Waals surface area contributed by atoms with Crippen LogP contribution in [0.25, 0.3) is 0 Å². The second-order valence-electron chi connectivity index (χ2n) is 3.05. The normalized spacial score (nSPS) is 10.4. The minimum atomic E-state index is -3.81. The third kappa shape index (κ3) is 11.0. The standard InChI is InChI=1S/C6H6O.C4H10O4S/c7-6-4-2-1-3-5-6;5-3-1-2-4-9(6,7)8/h1-5,7H;5H,1-4H2,(H,6,7,8). The van der Waals surface area contributed by atoms with E-state index in [2.05, 4.69) is 0 Å². The highest BCUT2D eigenvalue weighted by Crippen LogP contribution is 2.02. The molecule has 0 heterocycles. The maximum absolute atomic E-state index is 9.98. The Labute approximate surface area is 95.1 Å². The van der Waals surface area contributed by atoms with E-state index in [0.717, 1.165) is 0 Å². The van der Waals surface area contributed by atoms with Gasteiger partial charge in [-0.25, -0.2) is 0 Å². The van der Waals surface area contributed by atoms with Crippen molar-refractivity contribution in [2.45, 2.75) is 12.8 Å². The Balaban J connectivity index is 0.000000288. The van der Waals surface area contributed by atoms with Gasteiger partial charge < -0.3 is 10.2 Å². The van der Waals surface area contributed by atoms with Crippen molar-refractivity contribution < 1.29 is 23.2 Å². The number of aliphatic hydroxyl groups excluding tert-OH is 1. The predicted molar refractivity (Wildman–Crippen MR) is 60.8 cm³/mol. The fourth-order valence-corrected chi connectivity index (χ4v) is 1.39. The number of aliphatic hydroxyl groups is 1. The molecule has 1 aromatic carbocycles. The largest absolute Gasteiger partial charge is 0.508 e. The Bertz CT molecular complexity index is 360. The Hall–Kier alpha value is -1.11. The number of benzene rings is 1. The fourth-order valence-electron chi connectivity index (χ4n) is 0.824. The molecule has 0 aliphatic carbocycles. The molecule has 3 N–H and O–H groups in total. The zero-order valence-corrected chi connectivity index (χ0v) is 9.60. The summed E-state index contributed by atoms with van der Waals surface area (Å²) in [5, 5.41) is 16.8. The first kappa shape index (κ1) is 14.9. The van der Waals surface area contributed by atoms with Crippen molar-refractivity contribution >= 4 is 10.1 Å². The maximum Gasteiger partial charge on any atom is 0.264 e. The summed E-state index contributed by atoms with van der Waals surface area (Å²) in [5.41, 5.74) is 0. The van der Waals surface area contributed by atoms with Crippen LogP contribution in [0.2, 0.25) is 0 Å². The molecule has 1 rings (SSSR count). The van der Waals surface area contributed by atoms with Gasteiger partial charge in [-0.1, -0.05) is 18.2 Å². The third-order valence-corrected chi connectivity index (χ3v) is 2.37. The van der Waals surface area contributed by atoms with E-state index in [1.54, 1.807) is 24.3 Å². The average molecular weight is 248 g/mol. The molecule has 0 unspecified atom stereocenters. The van der Waals surface area contributed by atoms with Gasteiger partial charge >= 0.3 is 0 Å². The van der Waals surface area contributed by atoms with Crippen molar-refractivity contribution in [1.29, 1.82) is 0 Å². The lowest BCUT2D eigenvalue weighted by Crippen LogP contribution is -2.03. The monoisotopic (exact) mass is 248 g/mol. The van der Waals surface area contributed by atoms with Crippen molar-refractivity contribution in [3.63, 3.8) is 0 Å². The second-order valence-corrected chi connectivity index (χ2v) is 4.62. The lowest BCUT2D eigenvalue weighted by Gasteiger charge is -1.92. The lowest BCUT2D eigenvalue weighted by molar-refractivity contribution is 0.287. The van der Waals surface area contributed by atoms with E-state index < -0.39 is 10.1 Å². The van der Waals surface area contributed by atoms with Crippen LogP contribution in [0.5, 0.6) is 5.75 Å². The van der Waals surface area contributed by atoms with Gasteiger partial charge in [0.15, 0.2) is 0 Å². The summed E-state index contributed by atoms with van der Waals surface area (Å²) in [6, 6.07) is 8.71. The van der Waals surface area contributed by atoms with Gasteiger partial charge in [0.2, 0.25) is 0 Å². The lowest BCUT2D eigenvalue weighted by atomic mass is 10.3. The first-order chi connectivity index (χ1) is 7.45. The maximum atomic E-state index is 9.98. The van der Waals surface area contributed by atoms with E-state index in [9.17, 15) is 8.42 Å². The van der Waals surface area contributed by atoms with Crippen molar-refractivity contribution in [2.24, 2.45) is 0 Å². The summed E-state index contributed by atoms with van der Waals surface area (Å²) in [7, 11) is -3.81. The Morgan fingerprint density at radius 3 is 1.94 bits per heavy atom. The van der Waals surface area contributed by atoms with Crippen LogP contribution in [0.1, 0.15) is 12.8 Å². The smallest absolute Gasteiger partial charge is 0.264 e. The molecule has 5 nitrogen and oxygen atoms in total. The molecule has 0 radical (unpaired) electrons. The van der Waals surface area contributed by atoms with Crippen molar-refractivity contribution in [2.75, 3.05) is 12.4 Å². The van der Waals surface area contributed by atoms with Crippen molar-refractivity contribution in [3.05, 3.63) is 30.3 Å². The van der Waals surface area contributed by atoms with Crippen molar-refractivity contribution in [1.82, 2.24) is 0 Å². The van der Waals surface area contributed by atoms with E-state index in [0.29, 0.717) is 18.6 Å². The van der Waals surface area contributed by atoms with Crippen LogP contribution in [0, 0.1) is 0 Å². The predicted octanol–water partition coefficient (Wildman–Crippen LogP) is 1.04. The van der Waals surface area contributed by atoms with Crippen LogP contribution in [-0.4, -0.2) is 35.5 Å². The first-order valence-corrected chi connectivity index (χ1v) is 6.36. The molecular formula is C10H16O5S. The number of rotatable bonds is 4. The summed E-state index contributed by atoms with van der Waals surface area (Å²) in [5.74, 6) is 0.0654. The molecule has 0 bridgehead atoms. The molecule has 0 saturated carbocycles. The zero-order valence-electron chi connectivity index (χ0n) is 8.78. The Kier molecular flexibility index (Phi) is 7.53. The van der Waals surface area contributed by atoms with Crippen LogP contribution >= 0.6 is 0 Å². The van der Waals surface area contributed by atoms with E-state index in [1.807, 2.05) is 6.07 Å². The van der Waals surface area contributed by atoms with Gasteiger partial charge in [-0.15, -0.1) is 0 Å². The third-order valence-electron chi connectivity index (χ3n) is 1.57. The number of unbranched alkanes of at least 4 members (excludes halogenated alkanes) is 1. The summed E-state index contributed by atoms with van der Waals surface area (Å²) in [6.45, 7) is -0.0322. The summed E-state index contributed by atoms with van der Waals surface area (Å²) in [6.07, 6.45) is 0.731. The van der Waals surface area contributed by atoms with Gasteiger partial charge in [0.05, 0.1) is 5.75 Å². The molecule has 1 aromatic rings.